The standard InChI is InChI=1S/C15H21NO8/c16-9(14(21)22)5-7-1-3-8(4-2-7)23-15-13(20)12(19)11(18)10(6-17)24-15/h1-4,9-13,15,17-20H,5-6,16H2,(H,21,22)/t9-,10+,11+,12-,13+,15?/m1/s1. The first-order valence-electron chi connectivity index (χ1n) is 7.38. The molecule has 1 aliphatic rings. The minimum absolute atomic E-state index is 0.148. The number of carboxylic acid groups (broad SMARTS) is 1. The van der Waals surface area contributed by atoms with Crippen LogP contribution in [0.4, 0.5) is 0 Å². The minimum atomic E-state index is -1.52. The van der Waals surface area contributed by atoms with Crippen molar-refractivity contribution in [2.24, 2.45) is 5.73 Å². The summed E-state index contributed by atoms with van der Waals surface area (Å²) in [7, 11) is 0. The predicted molar refractivity (Wildman–Crippen MR) is 80.2 cm³/mol. The van der Waals surface area contributed by atoms with Gasteiger partial charge in [-0.3, -0.25) is 4.79 Å². The number of nitrogens with two attached hydrogens (primary N) is 1. The van der Waals surface area contributed by atoms with Crippen LogP contribution in [0.1, 0.15) is 5.56 Å². The Balaban J connectivity index is 2.01. The molecule has 1 unspecified atom stereocenters. The number of carbonyl (C=O) groups is 1. The summed E-state index contributed by atoms with van der Waals surface area (Å²) >= 11 is 0. The molecule has 24 heavy (non-hydrogen) atoms. The molecule has 1 aromatic rings. The van der Waals surface area contributed by atoms with Crippen LogP contribution in [0.25, 0.3) is 0 Å². The van der Waals surface area contributed by atoms with Crippen molar-refractivity contribution in [3.63, 3.8) is 0 Å². The van der Waals surface area contributed by atoms with Crippen LogP contribution in [0.15, 0.2) is 24.3 Å². The first kappa shape index (κ1) is 18.6. The van der Waals surface area contributed by atoms with E-state index < -0.39 is 49.3 Å². The van der Waals surface area contributed by atoms with Crippen LogP contribution in [-0.2, 0) is 16.0 Å². The van der Waals surface area contributed by atoms with Gasteiger partial charge in [-0.1, -0.05) is 12.1 Å². The van der Waals surface area contributed by atoms with E-state index in [9.17, 15) is 20.1 Å². The van der Waals surface area contributed by atoms with Crippen molar-refractivity contribution in [3.05, 3.63) is 29.8 Å². The molecule has 0 saturated carbocycles. The van der Waals surface area contributed by atoms with Crippen LogP contribution < -0.4 is 10.5 Å². The van der Waals surface area contributed by atoms with E-state index in [1.807, 2.05) is 0 Å². The number of hydrogen-bond acceptors (Lipinski definition) is 8. The van der Waals surface area contributed by atoms with E-state index in [1.54, 1.807) is 12.1 Å². The molecular weight excluding hydrogens is 322 g/mol. The van der Waals surface area contributed by atoms with Gasteiger partial charge in [0.25, 0.3) is 0 Å². The highest BCUT2D eigenvalue weighted by Gasteiger charge is 2.44. The van der Waals surface area contributed by atoms with E-state index in [0.717, 1.165) is 0 Å². The largest absolute Gasteiger partial charge is 0.480 e. The maximum atomic E-state index is 10.7. The second-order valence-corrected chi connectivity index (χ2v) is 5.61. The van der Waals surface area contributed by atoms with Crippen molar-refractivity contribution in [1.29, 1.82) is 0 Å². The van der Waals surface area contributed by atoms with Gasteiger partial charge in [0, 0.05) is 0 Å². The Morgan fingerprint density at radius 3 is 2.33 bits per heavy atom. The zero-order chi connectivity index (χ0) is 17.9. The van der Waals surface area contributed by atoms with E-state index in [0.29, 0.717) is 11.3 Å². The van der Waals surface area contributed by atoms with Gasteiger partial charge in [0.05, 0.1) is 6.61 Å². The highest BCUT2D eigenvalue weighted by atomic mass is 16.7. The first-order chi connectivity index (χ1) is 11.3. The summed E-state index contributed by atoms with van der Waals surface area (Å²) in [6, 6.07) is 5.28. The molecule has 1 saturated heterocycles. The van der Waals surface area contributed by atoms with Gasteiger partial charge in [-0.2, -0.15) is 0 Å². The SMILES string of the molecule is N[C@H](Cc1ccc(OC2O[C@@H](CO)[C@H](O)[C@@H](O)[C@@H]2O)cc1)C(=O)O. The van der Waals surface area contributed by atoms with Gasteiger partial charge in [-0.05, 0) is 24.1 Å². The summed E-state index contributed by atoms with van der Waals surface area (Å²) in [6.45, 7) is -0.545. The lowest BCUT2D eigenvalue weighted by Gasteiger charge is -2.39. The fraction of sp³-hybridized carbons (Fsp3) is 0.533. The number of carboxylic acids is 1. The maximum absolute atomic E-state index is 10.7. The highest BCUT2D eigenvalue weighted by molar-refractivity contribution is 5.73. The molecule has 0 amide bonds. The summed E-state index contributed by atoms with van der Waals surface area (Å²) in [5, 5.41) is 47.2. The van der Waals surface area contributed by atoms with Crippen molar-refractivity contribution in [2.75, 3.05) is 6.61 Å². The molecule has 0 aliphatic carbocycles. The van der Waals surface area contributed by atoms with Gasteiger partial charge in [-0.15, -0.1) is 0 Å². The number of hydrogen-bond donors (Lipinski definition) is 6. The number of rotatable bonds is 6. The van der Waals surface area contributed by atoms with Crippen LogP contribution in [0, 0.1) is 0 Å². The molecule has 0 spiro atoms. The third kappa shape index (κ3) is 4.20. The second kappa shape index (κ2) is 7.88. The Kier molecular flexibility index (Phi) is 6.10. The van der Waals surface area contributed by atoms with E-state index in [2.05, 4.69) is 0 Å². The van der Waals surface area contributed by atoms with E-state index in [-0.39, 0.29) is 6.42 Å². The smallest absolute Gasteiger partial charge is 0.320 e. The molecule has 134 valence electrons. The van der Waals surface area contributed by atoms with Crippen molar-refractivity contribution in [2.45, 2.75) is 43.2 Å². The topological polar surface area (TPSA) is 163 Å². The average Bonchev–Trinajstić information content (AvgIpc) is 2.56. The Morgan fingerprint density at radius 1 is 1.17 bits per heavy atom. The second-order valence-electron chi connectivity index (χ2n) is 5.61. The maximum Gasteiger partial charge on any atom is 0.320 e. The first-order valence-corrected chi connectivity index (χ1v) is 7.38. The van der Waals surface area contributed by atoms with Gasteiger partial charge >= 0.3 is 5.97 Å². The van der Waals surface area contributed by atoms with Crippen LogP contribution in [0.3, 0.4) is 0 Å². The number of aliphatic carboxylic acids is 1. The summed E-state index contributed by atoms with van der Waals surface area (Å²) < 4.78 is 10.7. The van der Waals surface area contributed by atoms with E-state index in [1.165, 1.54) is 12.1 Å². The Bertz CT molecular complexity index is 549. The molecule has 1 fully saturated rings. The molecule has 0 aromatic heterocycles. The molecule has 9 heteroatoms. The van der Waals surface area contributed by atoms with Gasteiger partial charge < -0.3 is 40.7 Å². The molecule has 7 N–H and O–H groups in total. The average molecular weight is 343 g/mol. The van der Waals surface area contributed by atoms with Crippen LogP contribution >= 0.6 is 0 Å². The fourth-order valence-electron chi connectivity index (χ4n) is 2.34. The van der Waals surface area contributed by atoms with E-state index in [4.69, 9.17) is 25.4 Å². The Hall–Kier alpha value is -1.75. The van der Waals surface area contributed by atoms with Gasteiger partial charge in [0.15, 0.2) is 0 Å². The number of benzene rings is 1. The molecule has 1 aromatic carbocycles. The highest BCUT2D eigenvalue weighted by Crippen LogP contribution is 2.24. The summed E-state index contributed by atoms with van der Waals surface area (Å²) in [5.41, 5.74) is 6.14. The van der Waals surface area contributed by atoms with Crippen molar-refractivity contribution < 1.29 is 39.8 Å². The molecule has 0 bridgehead atoms. The van der Waals surface area contributed by atoms with Crippen molar-refractivity contribution in [1.82, 2.24) is 0 Å². The lowest BCUT2D eigenvalue weighted by molar-refractivity contribution is -0.277. The molecule has 2 rings (SSSR count). The molecule has 1 heterocycles. The number of aliphatic hydroxyl groups excluding tert-OH is 4. The third-order valence-corrected chi connectivity index (χ3v) is 3.80. The van der Waals surface area contributed by atoms with Crippen LogP contribution in [0.5, 0.6) is 5.75 Å². The van der Waals surface area contributed by atoms with Gasteiger partial charge in [0.1, 0.15) is 36.2 Å². The zero-order valence-corrected chi connectivity index (χ0v) is 12.7. The monoisotopic (exact) mass is 343 g/mol. The Morgan fingerprint density at radius 2 is 1.79 bits per heavy atom. The summed E-state index contributed by atoms with van der Waals surface area (Å²) in [6.07, 6.45) is -6.65. The molecular formula is C15H21NO8. The fourth-order valence-corrected chi connectivity index (χ4v) is 2.34. The Labute approximate surface area is 137 Å². The van der Waals surface area contributed by atoms with Crippen molar-refractivity contribution in [3.8, 4) is 5.75 Å². The van der Waals surface area contributed by atoms with E-state index >= 15 is 0 Å². The summed E-state index contributed by atoms with van der Waals surface area (Å²) in [4.78, 5) is 10.7. The van der Waals surface area contributed by atoms with Crippen LogP contribution in [0.2, 0.25) is 0 Å². The zero-order valence-electron chi connectivity index (χ0n) is 12.7. The number of aliphatic hydroxyl groups is 4. The lowest BCUT2D eigenvalue weighted by atomic mass is 9.99. The third-order valence-electron chi connectivity index (χ3n) is 3.80. The van der Waals surface area contributed by atoms with Gasteiger partial charge in [-0.25, -0.2) is 0 Å². The molecule has 9 nitrogen and oxygen atoms in total. The summed E-state index contributed by atoms with van der Waals surface area (Å²) in [5.74, 6) is -0.802. The predicted octanol–water partition coefficient (Wildman–Crippen LogP) is -2.18. The molecule has 1 aliphatic heterocycles. The quantitative estimate of drug-likeness (QED) is 0.337. The lowest BCUT2D eigenvalue weighted by Crippen LogP contribution is -2.60. The minimum Gasteiger partial charge on any atom is -0.480 e. The number of ether oxygens (including phenoxy) is 2. The molecule has 0 radical (unpaired) electrons. The van der Waals surface area contributed by atoms with Crippen LogP contribution in [-0.4, -0.2) is 74.9 Å². The van der Waals surface area contributed by atoms with Crippen molar-refractivity contribution >= 4 is 5.97 Å². The van der Waals surface area contributed by atoms with Gasteiger partial charge in [0.2, 0.25) is 6.29 Å². The normalized spacial score (nSPS) is 31.5. The molecule has 6 atom stereocenters.